The van der Waals surface area contributed by atoms with E-state index >= 15 is 0 Å². The normalized spacial score (nSPS) is 13.1. The second-order valence-electron chi connectivity index (χ2n) is 4.20. The smallest absolute Gasteiger partial charge is 0.0550 e. The first kappa shape index (κ1) is 13.6. The van der Waals surface area contributed by atoms with Crippen molar-refractivity contribution in [2.24, 2.45) is 5.84 Å². The van der Waals surface area contributed by atoms with E-state index < -0.39 is 0 Å². The summed E-state index contributed by atoms with van der Waals surface area (Å²) < 4.78 is 0. The van der Waals surface area contributed by atoms with Crippen LogP contribution < -0.4 is 11.3 Å². The van der Waals surface area contributed by atoms with Crippen molar-refractivity contribution in [1.82, 2.24) is 5.43 Å². The highest BCUT2D eigenvalue weighted by molar-refractivity contribution is 7.99. The number of benzene rings is 1. The van der Waals surface area contributed by atoms with E-state index in [2.05, 4.69) is 50.5 Å². The van der Waals surface area contributed by atoms with Gasteiger partial charge in [-0.3, -0.25) is 11.3 Å². The van der Waals surface area contributed by atoms with Crippen LogP contribution in [0.2, 0.25) is 0 Å². The van der Waals surface area contributed by atoms with Gasteiger partial charge in [0, 0.05) is 5.75 Å². The molecule has 0 fully saturated rings. The molecular weight excluding hydrogens is 216 g/mol. The van der Waals surface area contributed by atoms with Crippen molar-refractivity contribution in [3.8, 4) is 0 Å². The Hall–Kier alpha value is -0.510. The summed E-state index contributed by atoms with van der Waals surface area (Å²) in [4.78, 5) is 0. The molecule has 3 N–H and O–H groups in total. The van der Waals surface area contributed by atoms with Crippen LogP contribution in [0.25, 0.3) is 0 Å². The van der Waals surface area contributed by atoms with Crippen LogP contribution in [0, 0.1) is 0 Å². The highest BCUT2D eigenvalue weighted by Crippen LogP contribution is 2.21. The number of thioether (sulfide) groups is 1. The number of nitrogens with one attached hydrogen (secondary N) is 1. The van der Waals surface area contributed by atoms with Gasteiger partial charge in [-0.25, -0.2) is 0 Å². The highest BCUT2D eigenvalue weighted by Gasteiger charge is 2.10. The lowest BCUT2D eigenvalue weighted by Gasteiger charge is -2.17. The molecule has 0 bridgehead atoms. The molecule has 0 aliphatic heterocycles. The lowest BCUT2D eigenvalue weighted by Crippen LogP contribution is -2.30. The summed E-state index contributed by atoms with van der Waals surface area (Å²) in [6.45, 7) is 6.59. The van der Waals surface area contributed by atoms with E-state index in [-0.39, 0.29) is 6.04 Å². The second kappa shape index (κ2) is 6.94. The number of hydrazine groups is 1. The fourth-order valence-corrected chi connectivity index (χ4v) is 2.43. The van der Waals surface area contributed by atoms with Crippen LogP contribution in [0.15, 0.2) is 24.3 Å². The molecule has 1 aromatic rings. The molecule has 1 rings (SSSR count). The van der Waals surface area contributed by atoms with Crippen molar-refractivity contribution in [1.29, 1.82) is 0 Å². The molecule has 16 heavy (non-hydrogen) atoms. The molecule has 0 aromatic heterocycles. The minimum Gasteiger partial charge on any atom is -0.271 e. The predicted molar refractivity (Wildman–Crippen MR) is 73.5 cm³/mol. The minimum atomic E-state index is 0.249. The fraction of sp³-hybridized carbons (Fsp3) is 0.538. The SMILES string of the molecule is CCc1cccc(C(CSC(C)C)NN)c1. The third-order valence-corrected chi connectivity index (χ3v) is 3.75. The van der Waals surface area contributed by atoms with Crippen LogP contribution in [0.1, 0.15) is 37.9 Å². The molecule has 0 radical (unpaired) electrons. The molecular formula is C13H22N2S. The largest absolute Gasteiger partial charge is 0.271 e. The van der Waals surface area contributed by atoms with E-state index in [9.17, 15) is 0 Å². The van der Waals surface area contributed by atoms with Crippen LogP contribution in [-0.4, -0.2) is 11.0 Å². The third kappa shape index (κ3) is 4.16. The Morgan fingerprint density at radius 1 is 1.38 bits per heavy atom. The first-order valence-electron chi connectivity index (χ1n) is 5.84. The van der Waals surface area contributed by atoms with Crippen molar-refractivity contribution in [3.05, 3.63) is 35.4 Å². The standard InChI is InChI=1S/C13H22N2S/c1-4-11-6-5-7-12(8-11)13(15-14)9-16-10(2)3/h5-8,10,13,15H,4,9,14H2,1-3H3. The van der Waals surface area contributed by atoms with Crippen molar-refractivity contribution in [2.45, 2.75) is 38.5 Å². The minimum absolute atomic E-state index is 0.249. The van der Waals surface area contributed by atoms with Crippen molar-refractivity contribution in [3.63, 3.8) is 0 Å². The molecule has 0 heterocycles. The number of nitrogens with two attached hydrogens (primary N) is 1. The number of aryl methyl sites for hydroxylation is 1. The van der Waals surface area contributed by atoms with Crippen molar-refractivity contribution >= 4 is 11.8 Å². The van der Waals surface area contributed by atoms with Gasteiger partial charge < -0.3 is 0 Å². The summed E-state index contributed by atoms with van der Waals surface area (Å²) in [5, 5.41) is 0.644. The summed E-state index contributed by atoms with van der Waals surface area (Å²) in [6.07, 6.45) is 1.07. The molecule has 3 heteroatoms. The summed E-state index contributed by atoms with van der Waals surface area (Å²) >= 11 is 1.93. The second-order valence-corrected chi connectivity index (χ2v) is 5.81. The Kier molecular flexibility index (Phi) is 5.88. The maximum atomic E-state index is 5.62. The molecule has 1 unspecified atom stereocenters. The molecule has 0 aliphatic carbocycles. The van der Waals surface area contributed by atoms with Gasteiger partial charge in [-0.15, -0.1) is 0 Å². The van der Waals surface area contributed by atoms with Gasteiger partial charge in [-0.1, -0.05) is 45.0 Å². The first-order chi connectivity index (χ1) is 7.67. The Morgan fingerprint density at radius 3 is 2.69 bits per heavy atom. The summed E-state index contributed by atoms with van der Waals surface area (Å²) in [6, 6.07) is 8.90. The van der Waals surface area contributed by atoms with Gasteiger partial charge in [-0.2, -0.15) is 11.8 Å². The summed E-state index contributed by atoms with van der Waals surface area (Å²) in [5.74, 6) is 6.63. The molecule has 90 valence electrons. The quantitative estimate of drug-likeness (QED) is 0.591. The molecule has 0 spiro atoms. The van der Waals surface area contributed by atoms with Crippen molar-refractivity contribution < 1.29 is 0 Å². The van der Waals surface area contributed by atoms with Gasteiger partial charge in [-0.05, 0) is 22.8 Å². The third-order valence-electron chi connectivity index (χ3n) is 2.56. The van der Waals surface area contributed by atoms with Crippen LogP contribution >= 0.6 is 11.8 Å². The summed E-state index contributed by atoms with van der Waals surface area (Å²) in [7, 11) is 0. The van der Waals surface area contributed by atoms with E-state index in [1.54, 1.807) is 0 Å². The number of hydrogen-bond donors (Lipinski definition) is 2. The van der Waals surface area contributed by atoms with Crippen LogP contribution in [-0.2, 0) is 6.42 Å². The maximum Gasteiger partial charge on any atom is 0.0550 e. The Bertz CT molecular complexity index is 313. The maximum absolute atomic E-state index is 5.62. The average molecular weight is 238 g/mol. The van der Waals surface area contributed by atoms with Gasteiger partial charge in [0.2, 0.25) is 0 Å². The Balaban J connectivity index is 2.70. The van der Waals surface area contributed by atoms with E-state index in [0.717, 1.165) is 12.2 Å². The van der Waals surface area contributed by atoms with Gasteiger partial charge in [0.25, 0.3) is 0 Å². The zero-order valence-corrected chi connectivity index (χ0v) is 11.2. The molecule has 1 aromatic carbocycles. The number of rotatable bonds is 6. The Labute approximate surface area is 103 Å². The Morgan fingerprint density at radius 2 is 2.12 bits per heavy atom. The molecule has 0 amide bonds. The zero-order chi connectivity index (χ0) is 12.0. The average Bonchev–Trinajstić information content (AvgIpc) is 2.30. The van der Waals surface area contributed by atoms with E-state index in [1.807, 2.05) is 11.8 Å². The molecule has 0 saturated carbocycles. The fourth-order valence-electron chi connectivity index (χ4n) is 1.56. The van der Waals surface area contributed by atoms with Gasteiger partial charge >= 0.3 is 0 Å². The van der Waals surface area contributed by atoms with Gasteiger partial charge in [0.1, 0.15) is 0 Å². The zero-order valence-electron chi connectivity index (χ0n) is 10.4. The van der Waals surface area contributed by atoms with Crippen LogP contribution in [0.5, 0.6) is 0 Å². The summed E-state index contributed by atoms with van der Waals surface area (Å²) in [5.41, 5.74) is 5.56. The highest BCUT2D eigenvalue weighted by atomic mass is 32.2. The van der Waals surface area contributed by atoms with Gasteiger partial charge in [0.05, 0.1) is 6.04 Å². The molecule has 0 aliphatic rings. The topological polar surface area (TPSA) is 38.0 Å². The predicted octanol–water partition coefficient (Wildman–Crippen LogP) is 2.90. The van der Waals surface area contributed by atoms with Crippen LogP contribution in [0.4, 0.5) is 0 Å². The first-order valence-corrected chi connectivity index (χ1v) is 6.88. The molecule has 1 atom stereocenters. The van der Waals surface area contributed by atoms with E-state index in [4.69, 9.17) is 5.84 Å². The van der Waals surface area contributed by atoms with Crippen molar-refractivity contribution in [2.75, 3.05) is 5.75 Å². The van der Waals surface area contributed by atoms with Gasteiger partial charge in [0.15, 0.2) is 0 Å². The van der Waals surface area contributed by atoms with Crippen LogP contribution in [0.3, 0.4) is 0 Å². The monoisotopic (exact) mass is 238 g/mol. The molecule has 0 saturated heterocycles. The van der Waals surface area contributed by atoms with E-state index in [0.29, 0.717) is 5.25 Å². The lowest BCUT2D eigenvalue weighted by atomic mass is 10.0. The van der Waals surface area contributed by atoms with E-state index in [1.165, 1.54) is 11.1 Å². The number of hydrogen-bond acceptors (Lipinski definition) is 3. The lowest BCUT2D eigenvalue weighted by molar-refractivity contribution is 0.609. The molecule has 2 nitrogen and oxygen atoms in total.